The van der Waals surface area contributed by atoms with Gasteiger partial charge in [0.25, 0.3) is 0 Å². The number of rotatable bonds is 11. The molecule has 0 saturated heterocycles. The van der Waals surface area contributed by atoms with Gasteiger partial charge in [0, 0.05) is 29.6 Å². The van der Waals surface area contributed by atoms with Crippen LogP contribution in [0, 0.1) is 0 Å². The van der Waals surface area contributed by atoms with Crippen LogP contribution in [-0.2, 0) is 25.6 Å². The number of fused-ring (bicyclic) bond motifs is 1. The molecule has 30 heavy (non-hydrogen) atoms. The zero-order valence-electron chi connectivity index (χ0n) is 16.3. The van der Waals surface area contributed by atoms with Crippen molar-refractivity contribution < 1.29 is 29.4 Å². The summed E-state index contributed by atoms with van der Waals surface area (Å²) in [7, 11) is 0. The Morgan fingerprint density at radius 1 is 1.13 bits per heavy atom. The summed E-state index contributed by atoms with van der Waals surface area (Å²) < 4.78 is 0. The van der Waals surface area contributed by atoms with Gasteiger partial charge in [0.1, 0.15) is 12.1 Å². The van der Waals surface area contributed by atoms with E-state index in [1.807, 2.05) is 24.3 Å². The smallest absolute Gasteiger partial charge is 0.327 e. The number of nitrogens with two attached hydrogens (primary N) is 2. The lowest BCUT2D eigenvalue weighted by Gasteiger charge is -2.26. The van der Waals surface area contributed by atoms with Crippen LogP contribution in [0.15, 0.2) is 30.5 Å². The molecule has 0 radical (unpaired) electrons. The topological polar surface area (TPSA) is 201 Å². The number of benzene rings is 1. The number of aliphatic carboxylic acids is 2. The molecule has 0 saturated carbocycles. The molecule has 0 spiro atoms. The molecule has 2 aromatic rings. The Morgan fingerprint density at radius 2 is 1.80 bits per heavy atom. The van der Waals surface area contributed by atoms with Crippen LogP contribution in [0.25, 0.3) is 10.9 Å². The Hall–Kier alpha value is -3.44. The monoisotopic (exact) mass is 419 g/mol. The molecule has 11 heteroatoms. The molecule has 0 aliphatic rings. The van der Waals surface area contributed by atoms with Crippen molar-refractivity contribution in [2.75, 3.05) is 0 Å². The number of primary amides is 1. The molecule has 1 heterocycles. The predicted molar refractivity (Wildman–Crippen MR) is 107 cm³/mol. The van der Waals surface area contributed by atoms with Crippen LogP contribution < -0.4 is 22.1 Å². The zero-order chi connectivity index (χ0) is 22.4. The van der Waals surface area contributed by atoms with E-state index in [1.54, 1.807) is 6.20 Å². The summed E-state index contributed by atoms with van der Waals surface area (Å²) in [4.78, 5) is 49.4. The lowest BCUT2D eigenvalue weighted by molar-refractivity contribution is -0.144. The van der Waals surface area contributed by atoms with Gasteiger partial charge in [-0.3, -0.25) is 19.7 Å². The molecule has 2 rings (SSSR count). The van der Waals surface area contributed by atoms with Crippen LogP contribution >= 0.6 is 0 Å². The normalized spacial score (nSPS) is 15.1. The molecule has 0 bridgehead atoms. The minimum Gasteiger partial charge on any atom is -0.480 e. The van der Waals surface area contributed by atoms with E-state index in [2.05, 4.69) is 15.6 Å². The first-order valence-corrected chi connectivity index (χ1v) is 9.21. The maximum Gasteiger partial charge on any atom is 0.327 e. The number of carboxylic acid groups (broad SMARTS) is 2. The van der Waals surface area contributed by atoms with Gasteiger partial charge in [-0.25, -0.2) is 4.79 Å². The first-order valence-electron chi connectivity index (χ1n) is 9.21. The lowest BCUT2D eigenvalue weighted by atomic mass is 10.0. The SMILES string of the molecule is C[C@@H](N[C@@H](Cc1c[nH]c2ccccc12)C(=O)O)[C@H](NC(=O)[C@@H](N)CC(N)=O)C(=O)O. The summed E-state index contributed by atoms with van der Waals surface area (Å²) >= 11 is 0. The van der Waals surface area contributed by atoms with E-state index >= 15 is 0 Å². The second-order valence-electron chi connectivity index (χ2n) is 7.01. The van der Waals surface area contributed by atoms with Crippen LogP contribution in [0.1, 0.15) is 18.9 Å². The molecule has 1 aromatic heterocycles. The Morgan fingerprint density at radius 3 is 2.40 bits per heavy atom. The molecule has 11 nitrogen and oxygen atoms in total. The van der Waals surface area contributed by atoms with Crippen molar-refractivity contribution in [3.05, 3.63) is 36.0 Å². The van der Waals surface area contributed by atoms with Crippen molar-refractivity contribution in [1.82, 2.24) is 15.6 Å². The molecule has 0 unspecified atom stereocenters. The van der Waals surface area contributed by atoms with Gasteiger partial charge in [-0.2, -0.15) is 0 Å². The summed E-state index contributed by atoms with van der Waals surface area (Å²) in [6, 6.07) is 2.53. The molecule has 4 atom stereocenters. The number of para-hydroxylation sites is 1. The average Bonchev–Trinajstić information content (AvgIpc) is 3.07. The number of hydrogen-bond donors (Lipinski definition) is 7. The number of hydrogen-bond acceptors (Lipinski definition) is 6. The van der Waals surface area contributed by atoms with E-state index in [9.17, 15) is 29.4 Å². The summed E-state index contributed by atoms with van der Waals surface area (Å²) in [5.74, 6) is -4.24. The fourth-order valence-corrected chi connectivity index (χ4v) is 3.12. The van der Waals surface area contributed by atoms with Crippen molar-refractivity contribution in [2.24, 2.45) is 11.5 Å². The van der Waals surface area contributed by atoms with Crippen molar-refractivity contribution >= 4 is 34.7 Å². The number of carbonyl (C=O) groups excluding carboxylic acids is 2. The van der Waals surface area contributed by atoms with Crippen LogP contribution in [0.2, 0.25) is 0 Å². The minimum atomic E-state index is -1.47. The minimum absolute atomic E-state index is 0.0885. The Balaban J connectivity index is 2.11. The summed E-state index contributed by atoms with van der Waals surface area (Å²) in [5.41, 5.74) is 12.1. The summed E-state index contributed by atoms with van der Waals surface area (Å²) in [5, 5.41) is 24.9. The van der Waals surface area contributed by atoms with E-state index in [1.165, 1.54) is 6.92 Å². The number of amides is 2. The van der Waals surface area contributed by atoms with E-state index in [0.29, 0.717) is 0 Å². The quantitative estimate of drug-likeness (QED) is 0.238. The third kappa shape index (κ3) is 5.78. The van der Waals surface area contributed by atoms with E-state index in [-0.39, 0.29) is 6.42 Å². The third-order valence-electron chi connectivity index (χ3n) is 4.68. The van der Waals surface area contributed by atoms with Gasteiger partial charge in [-0.15, -0.1) is 0 Å². The largest absolute Gasteiger partial charge is 0.480 e. The second kappa shape index (κ2) is 9.85. The van der Waals surface area contributed by atoms with E-state index in [4.69, 9.17) is 11.5 Å². The first kappa shape index (κ1) is 22.8. The van der Waals surface area contributed by atoms with Gasteiger partial charge in [0.15, 0.2) is 0 Å². The fourth-order valence-electron chi connectivity index (χ4n) is 3.12. The standard InChI is InChI=1S/C19H25N5O6/c1-9(16(19(29)30)24-17(26)12(20)7-15(21)25)23-14(18(27)28)6-10-8-22-13-5-3-2-4-11(10)13/h2-5,8-9,12,14,16,22-23H,6-7,20H2,1H3,(H2,21,25)(H,24,26)(H,27,28)(H,29,30)/t9-,12+,14+,16+/m1/s1. The average molecular weight is 419 g/mol. The number of carbonyl (C=O) groups is 4. The maximum absolute atomic E-state index is 12.1. The van der Waals surface area contributed by atoms with Crippen LogP contribution in [-0.4, -0.2) is 63.1 Å². The lowest BCUT2D eigenvalue weighted by Crippen LogP contribution is -2.59. The maximum atomic E-state index is 12.1. The number of aromatic amines is 1. The van der Waals surface area contributed by atoms with E-state index < -0.39 is 54.3 Å². The number of aromatic nitrogens is 1. The van der Waals surface area contributed by atoms with Gasteiger partial charge in [-0.1, -0.05) is 18.2 Å². The molecule has 1 aromatic carbocycles. The van der Waals surface area contributed by atoms with Gasteiger partial charge in [0.05, 0.1) is 12.5 Å². The molecule has 0 aliphatic heterocycles. The highest BCUT2D eigenvalue weighted by Crippen LogP contribution is 2.19. The number of carboxylic acids is 2. The van der Waals surface area contributed by atoms with Gasteiger partial charge >= 0.3 is 11.9 Å². The summed E-state index contributed by atoms with van der Waals surface area (Å²) in [6.07, 6.45) is 1.34. The van der Waals surface area contributed by atoms with Crippen molar-refractivity contribution in [1.29, 1.82) is 0 Å². The molecular weight excluding hydrogens is 394 g/mol. The third-order valence-corrected chi connectivity index (χ3v) is 4.68. The highest BCUT2D eigenvalue weighted by Gasteiger charge is 2.32. The van der Waals surface area contributed by atoms with Crippen LogP contribution in [0.4, 0.5) is 0 Å². The Bertz CT molecular complexity index is 942. The molecule has 9 N–H and O–H groups in total. The molecule has 0 fully saturated rings. The van der Waals surface area contributed by atoms with Gasteiger partial charge < -0.3 is 32.0 Å². The number of nitrogens with one attached hydrogen (secondary N) is 3. The number of H-pyrrole nitrogens is 1. The second-order valence-corrected chi connectivity index (χ2v) is 7.01. The zero-order valence-corrected chi connectivity index (χ0v) is 16.3. The summed E-state index contributed by atoms with van der Waals surface area (Å²) in [6.45, 7) is 1.43. The van der Waals surface area contributed by atoms with Crippen molar-refractivity contribution in [3.8, 4) is 0 Å². The Kier molecular flexibility index (Phi) is 7.50. The highest BCUT2D eigenvalue weighted by molar-refractivity contribution is 5.90. The first-order chi connectivity index (χ1) is 14.1. The van der Waals surface area contributed by atoms with Gasteiger partial charge in [-0.05, 0) is 18.6 Å². The van der Waals surface area contributed by atoms with Crippen LogP contribution in [0.5, 0.6) is 0 Å². The van der Waals surface area contributed by atoms with E-state index in [0.717, 1.165) is 16.5 Å². The molecular formula is C19H25N5O6. The molecule has 162 valence electrons. The molecule has 2 amide bonds. The van der Waals surface area contributed by atoms with Crippen molar-refractivity contribution in [3.63, 3.8) is 0 Å². The highest BCUT2D eigenvalue weighted by atomic mass is 16.4. The van der Waals surface area contributed by atoms with Gasteiger partial charge in [0.2, 0.25) is 11.8 Å². The molecule has 0 aliphatic carbocycles. The predicted octanol–water partition coefficient (Wildman–Crippen LogP) is -1.09. The van der Waals surface area contributed by atoms with Crippen LogP contribution in [0.3, 0.4) is 0 Å². The fraction of sp³-hybridized carbons (Fsp3) is 0.368. The Labute approximate surface area is 171 Å². The van der Waals surface area contributed by atoms with Crippen molar-refractivity contribution in [2.45, 2.75) is 43.9 Å².